The lowest BCUT2D eigenvalue weighted by atomic mass is 10.0. The second-order valence-corrected chi connectivity index (χ2v) is 4.53. The van der Waals surface area contributed by atoms with Crippen LogP contribution in [0.15, 0.2) is 24.4 Å². The van der Waals surface area contributed by atoms with Crippen molar-refractivity contribution in [3.05, 3.63) is 52.6 Å². The average Bonchev–Trinajstić information content (AvgIpc) is 2.70. The number of aliphatic carboxylic acids is 1. The van der Waals surface area contributed by atoms with Gasteiger partial charge in [0.25, 0.3) is 0 Å². The Labute approximate surface area is 106 Å². The van der Waals surface area contributed by atoms with Crippen LogP contribution >= 0.6 is 0 Å². The summed E-state index contributed by atoms with van der Waals surface area (Å²) in [5.74, 6) is -0.0445. The molecule has 4 nitrogen and oxygen atoms in total. The summed E-state index contributed by atoms with van der Waals surface area (Å²) in [5, 5.41) is 8.70. The Hall–Kier alpha value is -2.10. The third kappa shape index (κ3) is 2.97. The third-order valence-corrected chi connectivity index (χ3v) is 2.89. The highest BCUT2D eigenvalue weighted by molar-refractivity contribution is 5.69. The lowest BCUT2D eigenvalue weighted by Crippen LogP contribution is -2.00. The number of carboxylic acid groups (broad SMARTS) is 1. The summed E-state index contributed by atoms with van der Waals surface area (Å²) >= 11 is 0. The largest absolute Gasteiger partial charge is 0.481 e. The molecule has 0 bridgehead atoms. The highest BCUT2D eigenvalue weighted by Crippen LogP contribution is 2.14. The van der Waals surface area contributed by atoms with E-state index in [0.717, 1.165) is 5.82 Å². The van der Waals surface area contributed by atoms with E-state index in [1.165, 1.54) is 16.7 Å². The predicted molar refractivity (Wildman–Crippen MR) is 68.6 cm³/mol. The van der Waals surface area contributed by atoms with Gasteiger partial charge in [-0.2, -0.15) is 0 Å². The zero-order valence-electron chi connectivity index (χ0n) is 10.5. The van der Waals surface area contributed by atoms with Crippen LogP contribution in [0.3, 0.4) is 0 Å². The molecule has 0 amide bonds. The van der Waals surface area contributed by atoms with Crippen LogP contribution in [-0.2, 0) is 17.6 Å². The van der Waals surface area contributed by atoms with Crippen molar-refractivity contribution in [1.82, 2.24) is 9.97 Å². The van der Waals surface area contributed by atoms with Gasteiger partial charge in [0.2, 0.25) is 0 Å². The number of hydrogen-bond acceptors (Lipinski definition) is 2. The van der Waals surface area contributed by atoms with Crippen molar-refractivity contribution in [2.45, 2.75) is 26.7 Å². The zero-order valence-corrected chi connectivity index (χ0v) is 10.5. The summed E-state index contributed by atoms with van der Waals surface area (Å²) in [7, 11) is 0. The van der Waals surface area contributed by atoms with Gasteiger partial charge in [-0.3, -0.25) is 4.79 Å². The summed E-state index contributed by atoms with van der Waals surface area (Å²) in [6.45, 7) is 4.12. The molecule has 1 aromatic heterocycles. The number of aromatic amines is 1. The Kier molecular flexibility index (Phi) is 3.46. The van der Waals surface area contributed by atoms with E-state index in [2.05, 4.69) is 42.0 Å². The van der Waals surface area contributed by atoms with Gasteiger partial charge in [-0.25, -0.2) is 4.98 Å². The summed E-state index contributed by atoms with van der Waals surface area (Å²) in [6, 6.07) is 6.30. The second kappa shape index (κ2) is 5.04. The fourth-order valence-electron chi connectivity index (χ4n) is 1.92. The van der Waals surface area contributed by atoms with Gasteiger partial charge in [0.1, 0.15) is 5.82 Å². The number of aryl methyl sites for hydroxylation is 2. The van der Waals surface area contributed by atoms with Gasteiger partial charge in [0.15, 0.2) is 0 Å². The minimum atomic E-state index is -0.850. The molecule has 2 aromatic rings. The third-order valence-electron chi connectivity index (χ3n) is 2.89. The van der Waals surface area contributed by atoms with E-state index in [-0.39, 0.29) is 6.42 Å². The standard InChI is InChI=1S/C14H16N2O2/c1-9-3-4-10(2)11(5-9)6-13-15-8-12(16-13)7-14(17)18/h3-5,8H,6-7H2,1-2H3,(H,15,16)(H,17,18). The van der Waals surface area contributed by atoms with Gasteiger partial charge < -0.3 is 10.1 Å². The lowest BCUT2D eigenvalue weighted by Gasteiger charge is -2.05. The molecule has 0 aliphatic carbocycles. The first-order chi connectivity index (χ1) is 8.54. The number of hydrogen-bond donors (Lipinski definition) is 2. The molecule has 0 spiro atoms. The summed E-state index contributed by atoms with van der Waals surface area (Å²) in [4.78, 5) is 17.9. The Bertz CT molecular complexity index is 573. The molecule has 0 fully saturated rings. The average molecular weight is 244 g/mol. The number of carboxylic acids is 1. The number of H-pyrrole nitrogens is 1. The molecule has 0 radical (unpaired) electrons. The molecule has 0 aliphatic rings. The predicted octanol–water partition coefficient (Wildman–Crippen LogP) is 2.24. The summed E-state index contributed by atoms with van der Waals surface area (Å²) < 4.78 is 0. The van der Waals surface area contributed by atoms with Gasteiger partial charge in [-0.15, -0.1) is 0 Å². The van der Waals surface area contributed by atoms with Crippen LogP contribution in [0.2, 0.25) is 0 Å². The van der Waals surface area contributed by atoms with Gasteiger partial charge in [-0.05, 0) is 25.0 Å². The van der Waals surface area contributed by atoms with Crippen molar-refractivity contribution in [3.8, 4) is 0 Å². The van der Waals surface area contributed by atoms with Crippen LogP contribution in [0.4, 0.5) is 0 Å². The molecule has 0 unspecified atom stereocenters. The van der Waals surface area contributed by atoms with Crippen molar-refractivity contribution in [3.63, 3.8) is 0 Å². The molecule has 94 valence electrons. The first kappa shape index (κ1) is 12.4. The van der Waals surface area contributed by atoms with Crippen molar-refractivity contribution in [2.24, 2.45) is 0 Å². The van der Waals surface area contributed by atoms with Gasteiger partial charge in [0.05, 0.1) is 6.42 Å². The minimum absolute atomic E-state index is 0.0141. The number of imidazole rings is 1. The molecule has 4 heteroatoms. The molecular formula is C14H16N2O2. The number of rotatable bonds is 4. The maximum atomic E-state index is 10.6. The Balaban J connectivity index is 2.16. The molecule has 0 aliphatic heterocycles. The number of nitrogens with zero attached hydrogens (tertiary/aromatic N) is 1. The first-order valence-corrected chi connectivity index (χ1v) is 5.85. The molecule has 2 N–H and O–H groups in total. The van der Waals surface area contributed by atoms with E-state index >= 15 is 0 Å². The van der Waals surface area contributed by atoms with E-state index in [4.69, 9.17) is 5.11 Å². The maximum Gasteiger partial charge on any atom is 0.309 e. The molecule has 1 heterocycles. The second-order valence-electron chi connectivity index (χ2n) is 4.53. The van der Waals surface area contributed by atoms with Crippen LogP contribution in [0.1, 0.15) is 28.2 Å². The molecule has 0 saturated heterocycles. The number of nitrogens with one attached hydrogen (secondary N) is 1. The number of aromatic nitrogens is 2. The smallest absolute Gasteiger partial charge is 0.309 e. The van der Waals surface area contributed by atoms with Crippen LogP contribution in [-0.4, -0.2) is 21.0 Å². The van der Waals surface area contributed by atoms with Crippen LogP contribution in [0.5, 0.6) is 0 Å². The number of carbonyl (C=O) groups is 1. The monoisotopic (exact) mass is 244 g/mol. The molecule has 0 saturated carbocycles. The zero-order chi connectivity index (χ0) is 13.1. The topological polar surface area (TPSA) is 66.0 Å². The molecular weight excluding hydrogens is 228 g/mol. The Morgan fingerprint density at radius 2 is 2.17 bits per heavy atom. The normalized spacial score (nSPS) is 10.6. The van der Waals surface area contributed by atoms with Crippen LogP contribution in [0.25, 0.3) is 0 Å². The highest BCUT2D eigenvalue weighted by Gasteiger charge is 2.07. The Morgan fingerprint density at radius 1 is 1.39 bits per heavy atom. The van der Waals surface area contributed by atoms with E-state index in [9.17, 15) is 4.79 Å². The van der Waals surface area contributed by atoms with Gasteiger partial charge in [0, 0.05) is 18.3 Å². The lowest BCUT2D eigenvalue weighted by molar-refractivity contribution is -0.136. The van der Waals surface area contributed by atoms with Gasteiger partial charge >= 0.3 is 5.97 Å². The summed E-state index contributed by atoms with van der Waals surface area (Å²) in [6.07, 6.45) is 2.28. The van der Waals surface area contributed by atoms with Crippen LogP contribution < -0.4 is 0 Å². The SMILES string of the molecule is Cc1ccc(C)c(Cc2ncc(CC(=O)O)[nH]2)c1. The van der Waals surface area contributed by atoms with Crippen molar-refractivity contribution < 1.29 is 9.90 Å². The van der Waals surface area contributed by atoms with E-state index < -0.39 is 5.97 Å². The number of benzene rings is 1. The van der Waals surface area contributed by atoms with Crippen molar-refractivity contribution in [1.29, 1.82) is 0 Å². The quantitative estimate of drug-likeness (QED) is 0.866. The van der Waals surface area contributed by atoms with Crippen LogP contribution in [0, 0.1) is 13.8 Å². The van der Waals surface area contributed by atoms with E-state index in [1.807, 2.05) is 0 Å². The van der Waals surface area contributed by atoms with Gasteiger partial charge in [-0.1, -0.05) is 23.8 Å². The first-order valence-electron chi connectivity index (χ1n) is 5.85. The molecule has 18 heavy (non-hydrogen) atoms. The fourth-order valence-corrected chi connectivity index (χ4v) is 1.92. The Morgan fingerprint density at radius 3 is 2.89 bits per heavy atom. The van der Waals surface area contributed by atoms with Crippen molar-refractivity contribution in [2.75, 3.05) is 0 Å². The fraction of sp³-hybridized carbons (Fsp3) is 0.286. The highest BCUT2D eigenvalue weighted by atomic mass is 16.4. The molecule has 1 aromatic carbocycles. The van der Waals surface area contributed by atoms with E-state index in [0.29, 0.717) is 12.1 Å². The van der Waals surface area contributed by atoms with E-state index in [1.54, 1.807) is 6.20 Å². The molecule has 0 atom stereocenters. The minimum Gasteiger partial charge on any atom is -0.481 e. The van der Waals surface area contributed by atoms with Crippen molar-refractivity contribution >= 4 is 5.97 Å². The maximum absolute atomic E-state index is 10.6. The molecule has 2 rings (SSSR count). The summed E-state index contributed by atoms with van der Waals surface area (Å²) in [5.41, 5.74) is 4.29.